The molecule has 1 fully saturated rings. The summed E-state index contributed by atoms with van der Waals surface area (Å²) in [7, 11) is 0. The van der Waals surface area contributed by atoms with Crippen molar-refractivity contribution in [1.29, 1.82) is 0 Å². The van der Waals surface area contributed by atoms with Crippen LogP contribution in [-0.4, -0.2) is 26.8 Å². The molecule has 24 heavy (non-hydrogen) atoms. The zero-order valence-electron chi connectivity index (χ0n) is 14.0. The maximum absolute atomic E-state index is 12.1. The van der Waals surface area contributed by atoms with Gasteiger partial charge in [0, 0.05) is 6.42 Å². The number of hydrogen-bond acceptors (Lipinski definition) is 4. The van der Waals surface area contributed by atoms with Gasteiger partial charge in [-0.3, -0.25) is 9.89 Å². The van der Waals surface area contributed by atoms with E-state index in [1.54, 1.807) is 0 Å². The Balaban J connectivity index is 1.43. The van der Waals surface area contributed by atoms with Crippen LogP contribution >= 0.6 is 11.8 Å². The van der Waals surface area contributed by atoms with Crippen LogP contribution in [0.25, 0.3) is 0 Å². The Kier molecular flexibility index (Phi) is 5.91. The normalized spacial score (nSPS) is 16.2. The molecule has 1 unspecified atom stereocenters. The fraction of sp³-hybridized carbons (Fsp3) is 0.500. The minimum Gasteiger partial charge on any atom is -0.349 e. The number of hydrogen-bond donors (Lipinski definition) is 2. The first-order chi connectivity index (χ1) is 11.7. The Bertz CT molecular complexity index is 652. The molecular formula is C18H24N4OS. The number of aromatic nitrogens is 3. The number of thioether (sulfide) groups is 1. The van der Waals surface area contributed by atoms with Crippen LogP contribution in [0.15, 0.2) is 35.5 Å². The summed E-state index contributed by atoms with van der Waals surface area (Å²) in [4.78, 5) is 16.6. The largest absolute Gasteiger partial charge is 0.349 e. The number of nitrogens with zero attached hydrogens (tertiary/aromatic N) is 2. The van der Waals surface area contributed by atoms with Crippen molar-refractivity contribution < 1.29 is 4.79 Å². The SMILES string of the molecule is CC(NC(=O)CSc1n[nH]c(CC2CCCC2)n1)c1ccccc1. The highest BCUT2D eigenvalue weighted by molar-refractivity contribution is 7.99. The fourth-order valence-corrected chi connectivity index (χ4v) is 3.79. The molecule has 128 valence electrons. The summed E-state index contributed by atoms with van der Waals surface area (Å²) in [6.45, 7) is 1.99. The molecule has 0 bridgehead atoms. The fourth-order valence-electron chi connectivity index (χ4n) is 3.16. The molecule has 3 rings (SSSR count). The van der Waals surface area contributed by atoms with E-state index in [4.69, 9.17) is 0 Å². The minimum absolute atomic E-state index is 0.00139. The molecule has 2 N–H and O–H groups in total. The molecule has 2 aromatic rings. The zero-order valence-corrected chi connectivity index (χ0v) is 14.8. The van der Waals surface area contributed by atoms with Crippen molar-refractivity contribution in [3.05, 3.63) is 41.7 Å². The van der Waals surface area contributed by atoms with Gasteiger partial charge in [-0.1, -0.05) is 67.8 Å². The van der Waals surface area contributed by atoms with E-state index in [2.05, 4.69) is 20.5 Å². The van der Waals surface area contributed by atoms with Gasteiger partial charge in [-0.15, -0.1) is 5.10 Å². The van der Waals surface area contributed by atoms with Gasteiger partial charge in [0.2, 0.25) is 11.1 Å². The average molecular weight is 344 g/mol. The van der Waals surface area contributed by atoms with Gasteiger partial charge < -0.3 is 5.32 Å². The Morgan fingerprint density at radius 3 is 2.83 bits per heavy atom. The smallest absolute Gasteiger partial charge is 0.230 e. The standard InChI is InChI=1S/C18H24N4OS/c1-13(15-9-3-2-4-10-15)19-17(23)12-24-18-20-16(21-22-18)11-14-7-5-6-8-14/h2-4,9-10,13-14H,5-8,11-12H2,1H3,(H,19,23)(H,20,21,22). The quantitative estimate of drug-likeness (QED) is 0.754. The molecule has 0 radical (unpaired) electrons. The topological polar surface area (TPSA) is 70.7 Å². The molecule has 0 aliphatic heterocycles. The number of aromatic amines is 1. The molecule has 1 aromatic carbocycles. The Morgan fingerprint density at radius 2 is 2.08 bits per heavy atom. The highest BCUT2D eigenvalue weighted by atomic mass is 32.2. The zero-order chi connectivity index (χ0) is 16.8. The van der Waals surface area contributed by atoms with Crippen molar-refractivity contribution in [2.24, 2.45) is 5.92 Å². The molecule has 1 heterocycles. The van der Waals surface area contributed by atoms with E-state index in [0.29, 0.717) is 10.9 Å². The monoisotopic (exact) mass is 344 g/mol. The summed E-state index contributed by atoms with van der Waals surface area (Å²) in [5.41, 5.74) is 1.10. The first-order valence-corrected chi connectivity index (χ1v) is 9.57. The predicted molar refractivity (Wildman–Crippen MR) is 95.8 cm³/mol. The first kappa shape index (κ1) is 17.0. The van der Waals surface area contributed by atoms with Crippen molar-refractivity contribution in [3.8, 4) is 0 Å². The molecule has 1 aromatic heterocycles. The van der Waals surface area contributed by atoms with Crippen LogP contribution < -0.4 is 5.32 Å². The van der Waals surface area contributed by atoms with Crippen molar-refractivity contribution in [1.82, 2.24) is 20.5 Å². The first-order valence-electron chi connectivity index (χ1n) is 8.59. The summed E-state index contributed by atoms with van der Waals surface area (Å²) in [5, 5.41) is 10.9. The second kappa shape index (κ2) is 8.33. The van der Waals surface area contributed by atoms with Crippen molar-refractivity contribution >= 4 is 17.7 Å². The number of nitrogens with one attached hydrogen (secondary N) is 2. The number of amides is 1. The number of rotatable bonds is 7. The van der Waals surface area contributed by atoms with Crippen molar-refractivity contribution in [2.45, 2.75) is 50.2 Å². The minimum atomic E-state index is -0.00139. The molecule has 1 amide bonds. The number of H-pyrrole nitrogens is 1. The second-order valence-corrected chi connectivity index (χ2v) is 7.35. The molecule has 6 heteroatoms. The van der Waals surface area contributed by atoms with Crippen LogP contribution in [0.2, 0.25) is 0 Å². The van der Waals surface area contributed by atoms with Crippen LogP contribution in [0, 0.1) is 5.92 Å². The van der Waals surface area contributed by atoms with E-state index in [1.807, 2.05) is 37.3 Å². The van der Waals surface area contributed by atoms with Crippen LogP contribution in [0.4, 0.5) is 0 Å². The Morgan fingerprint density at radius 1 is 1.33 bits per heavy atom. The maximum Gasteiger partial charge on any atom is 0.230 e. The molecule has 5 nitrogen and oxygen atoms in total. The van der Waals surface area contributed by atoms with Crippen LogP contribution in [0.5, 0.6) is 0 Å². The summed E-state index contributed by atoms with van der Waals surface area (Å²) in [5.74, 6) is 2.02. The summed E-state index contributed by atoms with van der Waals surface area (Å²) in [6, 6.07) is 9.97. The summed E-state index contributed by atoms with van der Waals surface area (Å²) < 4.78 is 0. The van der Waals surface area contributed by atoms with Crippen LogP contribution in [0.1, 0.15) is 50.0 Å². The lowest BCUT2D eigenvalue weighted by Crippen LogP contribution is -2.28. The number of benzene rings is 1. The molecule has 0 spiro atoms. The third kappa shape index (κ3) is 4.84. The lowest BCUT2D eigenvalue weighted by Gasteiger charge is -2.13. The van der Waals surface area contributed by atoms with Crippen molar-refractivity contribution in [2.75, 3.05) is 5.75 Å². The molecule has 1 atom stereocenters. The third-order valence-electron chi connectivity index (χ3n) is 4.48. The van der Waals surface area contributed by atoms with Crippen LogP contribution in [-0.2, 0) is 11.2 Å². The lowest BCUT2D eigenvalue weighted by molar-refractivity contribution is -0.119. The molecule has 1 saturated carbocycles. The van der Waals surface area contributed by atoms with E-state index < -0.39 is 0 Å². The van der Waals surface area contributed by atoms with Gasteiger partial charge >= 0.3 is 0 Å². The summed E-state index contributed by atoms with van der Waals surface area (Å²) >= 11 is 1.38. The van der Waals surface area contributed by atoms with Gasteiger partial charge in [-0.25, -0.2) is 4.98 Å². The van der Waals surface area contributed by atoms with Gasteiger partial charge in [0.15, 0.2) is 0 Å². The van der Waals surface area contributed by atoms with E-state index in [-0.39, 0.29) is 11.9 Å². The molecule has 0 saturated heterocycles. The Hall–Kier alpha value is -1.82. The second-order valence-electron chi connectivity index (χ2n) is 6.41. The Labute approximate surface area is 147 Å². The number of carbonyl (C=O) groups excluding carboxylic acids is 1. The third-order valence-corrected chi connectivity index (χ3v) is 5.32. The highest BCUT2D eigenvalue weighted by Gasteiger charge is 2.18. The van der Waals surface area contributed by atoms with Crippen molar-refractivity contribution in [3.63, 3.8) is 0 Å². The average Bonchev–Trinajstić information content (AvgIpc) is 3.26. The van der Waals surface area contributed by atoms with E-state index >= 15 is 0 Å². The molecular weight excluding hydrogens is 320 g/mol. The predicted octanol–water partition coefficient (Wildman–Crippen LogP) is 3.51. The lowest BCUT2D eigenvalue weighted by atomic mass is 10.0. The van der Waals surface area contributed by atoms with Gasteiger partial charge in [0.05, 0.1) is 11.8 Å². The van der Waals surface area contributed by atoms with Gasteiger partial charge in [-0.2, -0.15) is 0 Å². The van der Waals surface area contributed by atoms with Gasteiger partial charge in [0.1, 0.15) is 5.82 Å². The maximum atomic E-state index is 12.1. The van der Waals surface area contributed by atoms with E-state index in [0.717, 1.165) is 23.7 Å². The summed E-state index contributed by atoms with van der Waals surface area (Å²) in [6.07, 6.45) is 6.23. The van der Waals surface area contributed by atoms with Gasteiger partial charge in [-0.05, 0) is 18.4 Å². The highest BCUT2D eigenvalue weighted by Crippen LogP contribution is 2.27. The van der Waals surface area contributed by atoms with E-state index in [9.17, 15) is 4.79 Å². The molecule has 1 aliphatic carbocycles. The van der Waals surface area contributed by atoms with E-state index in [1.165, 1.54) is 37.4 Å². The molecule has 1 aliphatic rings. The van der Waals surface area contributed by atoms with Crippen LogP contribution in [0.3, 0.4) is 0 Å². The number of carbonyl (C=O) groups is 1. The van der Waals surface area contributed by atoms with Gasteiger partial charge in [0.25, 0.3) is 0 Å².